The number of nitrogens with zero attached hydrogens (tertiary/aromatic N) is 1. The minimum atomic E-state index is -0.202. The van der Waals surface area contributed by atoms with Crippen LogP contribution in [0.3, 0.4) is 0 Å². The molecule has 2 amide bonds. The number of benzene rings is 1. The number of carbonyl (C=O) groups excluding carboxylic acids is 1. The number of ether oxygens (including phenoxy) is 1. The van der Waals surface area contributed by atoms with Crippen molar-refractivity contribution >= 4 is 11.7 Å². The van der Waals surface area contributed by atoms with E-state index in [2.05, 4.69) is 18.5 Å². The van der Waals surface area contributed by atoms with Crippen LogP contribution in [0.5, 0.6) is 5.75 Å². The molecule has 0 spiro atoms. The first kappa shape index (κ1) is 14.8. The molecule has 4 nitrogen and oxygen atoms in total. The Kier molecular flexibility index (Phi) is 6.22. The molecule has 19 heavy (non-hydrogen) atoms. The number of para-hydroxylation sites is 2. The van der Waals surface area contributed by atoms with Gasteiger partial charge in [-0.25, -0.2) is 4.79 Å². The first-order chi connectivity index (χ1) is 9.22. The Bertz CT molecular complexity index is 434. The fourth-order valence-corrected chi connectivity index (χ4v) is 1.60. The van der Waals surface area contributed by atoms with Crippen molar-refractivity contribution in [1.82, 2.24) is 4.90 Å². The first-order valence-corrected chi connectivity index (χ1v) is 6.22. The van der Waals surface area contributed by atoms with Crippen molar-refractivity contribution in [2.24, 2.45) is 0 Å². The van der Waals surface area contributed by atoms with Crippen molar-refractivity contribution in [3.05, 3.63) is 49.6 Å². The number of rotatable bonds is 7. The summed E-state index contributed by atoms with van der Waals surface area (Å²) in [7, 11) is 0. The van der Waals surface area contributed by atoms with E-state index in [9.17, 15) is 4.79 Å². The molecule has 0 aliphatic carbocycles. The minimum absolute atomic E-state index is 0.202. The molecule has 1 aromatic rings. The Balaban J connectivity index is 2.79. The lowest BCUT2D eigenvalue weighted by Gasteiger charge is -2.20. The number of carbonyl (C=O) groups is 1. The summed E-state index contributed by atoms with van der Waals surface area (Å²) < 4.78 is 5.46. The lowest BCUT2D eigenvalue weighted by atomic mass is 10.3. The van der Waals surface area contributed by atoms with Gasteiger partial charge in [-0.05, 0) is 19.1 Å². The predicted molar refractivity (Wildman–Crippen MR) is 78.6 cm³/mol. The summed E-state index contributed by atoms with van der Waals surface area (Å²) in [5, 5.41) is 2.83. The molecule has 1 rings (SSSR count). The fraction of sp³-hybridized carbons (Fsp3) is 0.267. The highest BCUT2D eigenvalue weighted by Crippen LogP contribution is 2.23. The van der Waals surface area contributed by atoms with Gasteiger partial charge in [-0.2, -0.15) is 0 Å². The molecular formula is C15H20N2O2. The van der Waals surface area contributed by atoms with Gasteiger partial charge in [-0.1, -0.05) is 24.3 Å². The molecular weight excluding hydrogens is 240 g/mol. The minimum Gasteiger partial charge on any atom is -0.492 e. The molecule has 102 valence electrons. The molecule has 0 saturated heterocycles. The molecule has 1 aromatic carbocycles. The van der Waals surface area contributed by atoms with Gasteiger partial charge in [-0.15, -0.1) is 13.2 Å². The van der Waals surface area contributed by atoms with Crippen LogP contribution in [-0.4, -0.2) is 30.6 Å². The van der Waals surface area contributed by atoms with Crippen LogP contribution in [0.15, 0.2) is 49.6 Å². The van der Waals surface area contributed by atoms with Crippen LogP contribution < -0.4 is 10.1 Å². The van der Waals surface area contributed by atoms with Crippen molar-refractivity contribution in [3.63, 3.8) is 0 Å². The first-order valence-electron chi connectivity index (χ1n) is 6.22. The molecule has 0 aliphatic heterocycles. The van der Waals surface area contributed by atoms with E-state index in [-0.39, 0.29) is 6.03 Å². The number of nitrogens with one attached hydrogen (secondary N) is 1. The number of amides is 2. The van der Waals surface area contributed by atoms with E-state index in [1.165, 1.54) is 0 Å². The molecule has 4 heteroatoms. The largest absolute Gasteiger partial charge is 0.492 e. The maximum atomic E-state index is 12.1. The van der Waals surface area contributed by atoms with Gasteiger partial charge < -0.3 is 15.0 Å². The molecule has 1 N–H and O–H groups in total. The van der Waals surface area contributed by atoms with Crippen LogP contribution in [0, 0.1) is 0 Å². The lowest BCUT2D eigenvalue weighted by Crippen LogP contribution is -2.35. The predicted octanol–water partition coefficient (Wildman–Crippen LogP) is 3.29. The second kappa shape index (κ2) is 7.97. The smallest absolute Gasteiger partial charge is 0.322 e. The molecule has 0 radical (unpaired) electrons. The molecule has 0 aromatic heterocycles. The SMILES string of the molecule is C=CCN(CC=C)C(=O)Nc1ccccc1OCC. The van der Waals surface area contributed by atoms with Crippen molar-refractivity contribution in [2.45, 2.75) is 6.92 Å². The number of anilines is 1. The Morgan fingerprint density at radius 3 is 2.53 bits per heavy atom. The van der Waals surface area contributed by atoms with E-state index in [0.29, 0.717) is 31.1 Å². The number of hydrogen-bond donors (Lipinski definition) is 1. The summed E-state index contributed by atoms with van der Waals surface area (Å²) in [6.07, 6.45) is 3.36. The number of hydrogen-bond acceptors (Lipinski definition) is 2. The standard InChI is InChI=1S/C15H20N2O2/c1-4-11-17(12-5-2)15(18)16-13-9-7-8-10-14(13)19-6-3/h4-5,7-10H,1-2,6,11-12H2,3H3,(H,16,18). The van der Waals surface area contributed by atoms with Crippen LogP contribution in [0.4, 0.5) is 10.5 Å². The van der Waals surface area contributed by atoms with Crippen molar-refractivity contribution in [3.8, 4) is 5.75 Å². The summed E-state index contributed by atoms with van der Waals surface area (Å²) in [6, 6.07) is 7.15. The third-order valence-electron chi connectivity index (χ3n) is 2.41. The maximum Gasteiger partial charge on any atom is 0.322 e. The van der Waals surface area contributed by atoms with E-state index < -0.39 is 0 Å². The average molecular weight is 260 g/mol. The fourth-order valence-electron chi connectivity index (χ4n) is 1.60. The third kappa shape index (κ3) is 4.50. The van der Waals surface area contributed by atoms with Crippen LogP contribution in [0.25, 0.3) is 0 Å². The summed E-state index contributed by atoms with van der Waals surface area (Å²) in [6.45, 7) is 10.7. The van der Waals surface area contributed by atoms with Crippen LogP contribution in [0.1, 0.15) is 6.92 Å². The molecule has 0 unspecified atom stereocenters. The van der Waals surface area contributed by atoms with Crippen LogP contribution in [-0.2, 0) is 0 Å². The zero-order chi connectivity index (χ0) is 14.1. The van der Waals surface area contributed by atoms with E-state index in [0.717, 1.165) is 0 Å². The van der Waals surface area contributed by atoms with E-state index in [1.807, 2.05) is 31.2 Å². The average Bonchev–Trinajstić information content (AvgIpc) is 2.41. The zero-order valence-corrected chi connectivity index (χ0v) is 11.3. The molecule has 0 heterocycles. The second-order valence-corrected chi connectivity index (χ2v) is 3.84. The van der Waals surface area contributed by atoms with E-state index in [1.54, 1.807) is 17.1 Å². The Labute approximate surface area is 114 Å². The topological polar surface area (TPSA) is 41.6 Å². The Morgan fingerprint density at radius 1 is 1.32 bits per heavy atom. The van der Waals surface area contributed by atoms with Gasteiger partial charge in [-0.3, -0.25) is 0 Å². The van der Waals surface area contributed by atoms with Crippen molar-refractivity contribution in [2.75, 3.05) is 25.0 Å². The van der Waals surface area contributed by atoms with Gasteiger partial charge in [0, 0.05) is 13.1 Å². The monoisotopic (exact) mass is 260 g/mol. The van der Waals surface area contributed by atoms with Gasteiger partial charge in [0.15, 0.2) is 0 Å². The van der Waals surface area contributed by atoms with Crippen LogP contribution in [0.2, 0.25) is 0 Å². The molecule has 0 fully saturated rings. The molecule has 0 bridgehead atoms. The van der Waals surface area contributed by atoms with Crippen LogP contribution >= 0.6 is 0 Å². The Hall–Kier alpha value is -2.23. The van der Waals surface area contributed by atoms with Gasteiger partial charge in [0.1, 0.15) is 5.75 Å². The molecule has 0 atom stereocenters. The Morgan fingerprint density at radius 2 is 1.95 bits per heavy atom. The summed E-state index contributed by atoms with van der Waals surface area (Å²) in [4.78, 5) is 13.7. The summed E-state index contributed by atoms with van der Waals surface area (Å²) in [5.74, 6) is 0.663. The highest BCUT2D eigenvalue weighted by molar-refractivity contribution is 5.91. The third-order valence-corrected chi connectivity index (χ3v) is 2.41. The van der Waals surface area contributed by atoms with Gasteiger partial charge in [0.05, 0.1) is 12.3 Å². The van der Waals surface area contributed by atoms with Crippen molar-refractivity contribution in [1.29, 1.82) is 0 Å². The normalized spacial score (nSPS) is 9.53. The number of urea groups is 1. The lowest BCUT2D eigenvalue weighted by molar-refractivity contribution is 0.222. The summed E-state index contributed by atoms with van der Waals surface area (Å²) >= 11 is 0. The quantitative estimate of drug-likeness (QED) is 0.764. The molecule has 0 saturated carbocycles. The van der Waals surface area contributed by atoms with E-state index in [4.69, 9.17) is 4.74 Å². The zero-order valence-electron chi connectivity index (χ0n) is 11.3. The highest BCUT2D eigenvalue weighted by atomic mass is 16.5. The van der Waals surface area contributed by atoms with Gasteiger partial charge in [0.25, 0.3) is 0 Å². The maximum absolute atomic E-state index is 12.1. The van der Waals surface area contributed by atoms with E-state index >= 15 is 0 Å². The summed E-state index contributed by atoms with van der Waals surface area (Å²) in [5.41, 5.74) is 0.660. The van der Waals surface area contributed by atoms with Gasteiger partial charge in [0.2, 0.25) is 0 Å². The van der Waals surface area contributed by atoms with Crippen molar-refractivity contribution < 1.29 is 9.53 Å². The second-order valence-electron chi connectivity index (χ2n) is 3.84. The highest BCUT2D eigenvalue weighted by Gasteiger charge is 2.12. The van der Waals surface area contributed by atoms with Gasteiger partial charge >= 0.3 is 6.03 Å². The molecule has 0 aliphatic rings.